The standard InChI is InChI=1S/C19H21N5O2/c1-20-18(25)9-14-11-23(10-13-7-8-21-24(13)14)19(26)16-12-22(2)17-6-4-3-5-15(16)17/h3-8,12,14H,9-11H2,1-2H3,(H,20,25)/t14-/m0/s1. The Kier molecular flexibility index (Phi) is 3.99. The van der Waals surface area contributed by atoms with E-state index in [1.807, 2.05) is 57.7 Å². The molecule has 1 aromatic carbocycles. The van der Waals surface area contributed by atoms with Crippen LogP contribution in [0, 0.1) is 0 Å². The molecule has 1 aliphatic rings. The van der Waals surface area contributed by atoms with Crippen molar-refractivity contribution in [1.82, 2.24) is 24.6 Å². The molecule has 0 unspecified atom stereocenters. The second kappa shape index (κ2) is 6.33. The second-order valence-electron chi connectivity index (χ2n) is 6.65. The zero-order chi connectivity index (χ0) is 18.3. The highest BCUT2D eigenvalue weighted by atomic mass is 16.2. The molecule has 0 fully saturated rings. The number of para-hydroxylation sites is 1. The maximum absolute atomic E-state index is 13.2. The lowest BCUT2D eigenvalue weighted by Gasteiger charge is -2.33. The summed E-state index contributed by atoms with van der Waals surface area (Å²) in [5, 5.41) is 7.94. The van der Waals surface area contributed by atoms with E-state index in [0.29, 0.717) is 25.1 Å². The van der Waals surface area contributed by atoms with E-state index in [9.17, 15) is 9.59 Å². The highest BCUT2D eigenvalue weighted by Crippen LogP contribution is 2.27. The molecule has 7 heteroatoms. The topological polar surface area (TPSA) is 72.2 Å². The van der Waals surface area contributed by atoms with Gasteiger partial charge in [0.05, 0.1) is 30.3 Å². The van der Waals surface area contributed by atoms with E-state index in [0.717, 1.165) is 16.6 Å². The average molecular weight is 351 g/mol. The maximum atomic E-state index is 13.2. The first kappa shape index (κ1) is 16.4. The molecule has 1 N–H and O–H groups in total. The number of nitrogens with one attached hydrogen (secondary N) is 1. The number of aryl methyl sites for hydroxylation is 1. The molecule has 0 saturated carbocycles. The zero-order valence-electron chi connectivity index (χ0n) is 14.8. The molecule has 2 amide bonds. The summed E-state index contributed by atoms with van der Waals surface area (Å²) in [6, 6.07) is 9.63. The van der Waals surface area contributed by atoms with Gasteiger partial charge in [0.25, 0.3) is 5.91 Å². The van der Waals surface area contributed by atoms with Gasteiger partial charge in [0.2, 0.25) is 5.91 Å². The van der Waals surface area contributed by atoms with Crippen LogP contribution < -0.4 is 5.32 Å². The number of benzene rings is 1. The summed E-state index contributed by atoms with van der Waals surface area (Å²) in [6.07, 6.45) is 3.90. The van der Waals surface area contributed by atoms with Gasteiger partial charge in [0.1, 0.15) is 0 Å². The minimum Gasteiger partial charge on any atom is -0.359 e. The molecule has 0 radical (unpaired) electrons. The third-order valence-electron chi connectivity index (χ3n) is 5.00. The van der Waals surface area contributed by atoms with Gasteiger partial charge >= 0.3 is 0 Å². The van der Waals surface area contributed by atoms with E-state index in [1.165, 1.54) is 0 Å². The average Bonchev–Trinajstić information content (AvgIpc) is 3.26. The first-order valence-corrected chi connectivity index (χ1v) is 8.64. The summed E-state index contributed by atoms with van der Waals surface area (Å²) in [5.74, 6) is -0.0768. The van der Waals surface area contributed by atoms with E-state index < -0.39 is 0 Å². The van der Waals surface area contributed by atoms with Gasteiger partial charge in [-0.1, -0.05) is 18.2 Å². The molecule has 1 aliphatic heterocycles. The number of carbonyl (C=O) groups excluding carboxylic acids is 2. The molecule has 7 nitrogen and oxygen atoms in total. The summed E-state index contributed by atoms with van der Waals surface area (Å²) < 4.78 is 3.83. The third kappa shape index (κ3) is 2.65. The van der Waals surface area contributed by atoms with Crippen molar-refractivity contribution < 1.29 is 9.59 Å². The minimum atomic E-state index is -0.160. The molecular weight excluding hydrogens is 330 g/mol. The van der Waals surface area contributed by atoms with E-state index >= 15 is 0 Å². The van der Waals surface area contributed by atoms with Gasteiger partial charge in [-0.3, -0.25) is 14.3 Å². The van der Waals surface area contributed by atoms with E-state index in [1.54, 1.807) is 13.2 Å². The number of aromatic nitrogens is 3. The van der Waals surface area contributed by atoms with Crippen molar-refractivity contribution in [3.63, 3.8) is 0 Å². The van der Waals surface area contributed by atoms with Crippen LogP contribution >= 0.6 is 0 Å². The predicted octanol–water partition coefficient (Wildman–Crippen LogP) is 1.71. The molecular formula is C19H21N5O2. The Morgan fingerprint density at radius 3 is 2.88 bits per heavy atom. The normalized spacial score (nSPS) is 16.5. The smallest absolute Gasteiger partial charge is 0.256 e. The number of nitrogens with zero attached hydrogens (tertiary/aromatic N) is 4. The van der Waals surface area contributed by atoms with E-state index in [-0.39, 0.29) is 17.9 Å². The van der Waals surface area contributed by atoms with Crippen LogP contribution in [-0.4, -0.2) is 44.7 Å². The molecule has 3 heterocycles. The van der Waals surface area contributed by atoms with Crippen molar-refractivity contribution in [1.29, 1.82) is 0 Å². The molecule has 1 atom stereocenters. The molecule has 0 saturated heterocycles. The van der Waals surface area contributed by atoms with E-state index in [2.05, 4.69) is 10.4 Å². The fraction of sp³-hybridized carbons (Fsp3) is 0.316. The van der Waals surface area contributed by atoms with Crippen LogP contribution in [0.15, 0.2) is 42.7 Å². The van der Waals surface area contributed by atoms with Gasteiger partial charge in [-0.2, -0.15) is 5.10 Å². The second-order valence-corrected chi connectivity index (χ2v) is 6.65. The summed E-state index contributed by atoms with van der Waals surface area (Å²) in [7, 11) is 3.56. The van der Waals surface area contributed by atoms with Crippen LogP contribution in [0.3, 0.4) is 0 Å². The molecule has 0 aliphatic carbocycles. The predicted molar refractivity (Wildman–Crippen MR) is 97.6 cm³/mol. The van der Waals surface area contributed by atoms with Crippen LogP contribution in [0.4, 0.5) is 0 Å². The summed E-state index contributed by atoms with van der Waals surface area (Å²) in [6.45, 7) is 0.955. The van der Waals surface area contributed by atoms with E-state index in [4.69, 9.17) is 0 Å². The Hall–Kier alpha value is -3.09. The Morgan fingerprint density at radius 1 is 1.27 bits per heavy atom. The van der Waals surface area contributed by atoms with Crippen molar-refractivity contribution in [3.8, 4) is 0 Å². The van der Waals surface area contributed by atoms with Gasteiger partial charge in [0, 0.05) is 43.9 Å². The number of rotatable bonds is 3. The Balaban J connectivity index is 1.67. The van der Waals surface area contributed by atoms with Gasteiger partial charge in [-0.15, -0.1) is 0 Å². The van der Waals surface area contributed by atoms with Crippen molar-refractivity contribution >= 4 is 22.7 Å². The molecule has 4 rings (SSSR count). The molecule has 26 heavy (non-hydrogen) atoms. The minimum absolute atomic E-state index is 0.0174. The molecule has 3 aromatic rings. The highest BCUT2D eigenvalue weighted by molar-refractivity contribution is 6.07. The lowest BCUT2D eigenvalue weighted by Crippen LogP contribution is -2.42. The monoisotopic (exact) mass is 351 g/mol. The van der Waals surface area contributed by atoms with Crippen LogP contribution in [0.5, 0.6) is 0 Å². The molecule has 0 spiro atoms. The molecule has 2 aromatic heterocycles. The highest BCUT2D eigenvalue weighted by Gasteiger charge is 2.31. The van der Waals surface area contributed by atoms with Crippen LogP contribution in [0.25, 0.3) is 10.9 Å². The number of fused-ring (bicyclic) bond motifs is 2. The Morgan fingerprint density at radius 2 is 2.08 bits per heavy atom. The quantitative estimate of drug-likeness (QED) is 0.781. The van der Waals surface area contributed by atoms with Crippen LogP contribution in [0.1, 0.15) is 28.5 Å². The molecule has 0 bridgehead atoms. The van der Waals surface area contributed by atoms with Crippen molar-refractivity contribution in [2.24, 2.45) is 7.05 Å². The SMILES string of the molecule is CNC(=O)C[C@H]1CN(C(=O)c2cn(C)c3ccccc23)Cc2ccnn21. The molecule has 134 valence electrons. The summed E-state index contributed by atoms with van der Waals surface area (Å²) >= 11 is 0. The number of hydrogen-bond acceptors (Lipinski definition) is 3. The fourth-order valence-corrected chi connectivity index (χ4v) is 3.69. The summed E-state index contributed by atoms with van der Waals surface area (Å²) in [4.78, 5) is 26.9. The lowest BCUT2D eigenvalue weighted by atomic mass is 10.1. The number of carbonyl (C=O) groups is 2. The van der Waals surface area contributed by atoms with Crippen molar-refractivity contribution in [3.05, 3.63) is 54.0 Å². The number of hydrogen-bond donors (Lipinski definition) is 1. The van der Waals surface area contributed by atoms with Gasteiger partial charge in [0.15, 0.2) is 0 Å². The summed E-state index contributed by atoms with van der Waals surface area (Å²) in [5.41, 5.74) is 2.66. The number of amides is 2. The van der Waals surface area contributed by atoms with Crippen LogP contribution in [0.2, 0.25) is 0 Å². The first-order chi connectivity index (χ1) is 12.6. The first-order valence-electron chi connectivity index (χ1n) is 8.64. The van der Waals surface area contributed by atoms with Crippen molar-refractivity contribution in [2.45, 2.75) is 19.0 Å². The van der Waals surface area contributed by atoms with Crippen molar-refractivity contribution in [2.75, 3.05) is 13.6 Å². The fourth-order valence-electron chi connectivity index (χ4n) is 3.69. The maximum Gasteiger partial charge on any atom is 0.256 e. The lowest BCUT2D eigenvalue weighted by molar-refractivity contribution is -0.121. The van der Waals surface area contributed by atoms with Crippen LogP contribution in [-0.2, 0) is 18.4 Å². The Labute approximate surface area is 151 Å². The zero-order valence-corrected chi connectivity index (χ0v) is 14.8. The third-order valence-corrected chi connectivity index (χ3v) is 5.00. The van der Waals surface area contributed by atoms with Gasteiger partial charge < -0.3 is 14.8 Å². The largest absolute Gasteiger partial charge is 0.359 e. The van der Waals surface area contributed by atoms with Gasteiger partial charge in [-0.25, -0.2) is 0 Å². The van der Waals surface area contributed by atoms with Gasteiger partial charge in [-0.05, 0) is 12.1 Å². The Bertz CT molecular complexity index is 987.